The summed E-state index contributed by atoms with van der Waals surface area (Å²) in [5, 5.41) is 1.09. The van der Waals surface area contributed by atoms with Gasteiger partial charge in [-0.15, -0.1) is 0 Å². The van der Waals surface area contributed by atoms with E-state index >= 15 is 0 Å². The van der Waals surface area contributed by atoms with Crippen LogP contribution in [0.1, 0.15) is 24.3 Å². The second-order valence-electron chi connectivity index (χ2n) is 2.98. The van der Waals surface area contributed by atoms with Crippen LogP contribution in [0.5, 0.6) is 0 Å². The normalized spacial score (nSPS) is 29.5. The van der Waals surface area contributed by atoms with E-state index in [0.29, 0.717) is 16.8 Å². The minimum Gasteiger partial charge on any atom is -0.378 e. The molecule has 1 aromatic rings. The highest BCUT2D eigenvalue weighted by Gasteiger charge is 2.26. The molecule has 1 aromatic heterocycles. The Kier molecular flexibility index (Phi) is 2.43. The lowest BCUT2D eigenvalue weighted by molar-refractivity contribution is 0.123. The summed E-state index contributed by atoms with van der Waals surface area (Å²) < 4.78 is 10.2. The van der Waals surface area contributed by atoms with Gasteiger partial charge in [0.25, 0.3) is 0 Å². The van der Waals surface area contributed by atoms with Crippen molar-refractivity contribution in [2.45, 2.75) is 25.4 Å². The molecule has 0 N–H and O–H groups in total. The maximum absolute atomic E-state index is 5.45. The van der Waals surface area contributed by atoms with Crippen LogP contribution in [0.2, 0.25) is 0 Å². The van der Waals surface area contributed by atoms with Gasteiger partial charge in [0.2, 0.25) is 4.73 Å². The van der Waals surface area contributed by atoms with E-state index in [1.165, 1.54) is 11.5 Å². The van der Waals surface area contributed by atoms with Gasteiger partial charge in [0, 0.05) is 5.92 Å². The Bertz CT molecular complexity index is 278. The van der Waals surface area contributed by atoms with Gasteiger partial charge in [0.05, 0.1) is 12.7 Å². The quantitative estimate of drug-likeness (QED) is 0.765. The Balaban J connectivity index is 2.11. The summed E-state index contributed by atoms with van der Waals surface area (Å²) in [6.07, 6.45) is 1.44. The number of hydrogen-bond donors (Lipinski definition) is 0. The van der Waals surface area contributed by atoms with Crippen LogP contribution in [-0.4, -0.2) is 22.1 Å². The molecule has 0 spiro atoms. The highest BCUT2D eigenvalue weighted by atomic mass is 79.9. The van der Waals surface area contributed by atoms with Crippen molar-refractivity contribution in [3.05, 3.63) is 9.74 Å². The predicted molar refractivity (Wildman–Crippen MR) is 50.4 cm³/mol. The summed E-state index contributed by atoms with van der Waals surface area (Å²) in [5.74, 6) is 0.462. The van der Waals surface area contributed by atoms with Gasteiger partial charge in [0.15, 0.2) is 0 Å². The van der Waals surface area contributed by atoms with Crippen molar-refractivity contribution >= 4 is 27.5 Å². The third-order valence-corrected chi connectivity index (χ3v) is 3.43. The fraction of sp³-hybridized carbons (Fsp3) is 0.714. The number of rotatable bonds is 1. The second kappa shape index (κ2) is 3.40. The Morgan fingerprint density at radius 3 is 3.00 bits per heavy atom. The van der Waals surface area contributed by atoms with E-state index in [4.69, 9.17) is 4.74 Å². The van der Waals surface area contributed by atoms with Crippen molar-refractivity contribution in [3.8, 4) is 0 Å². The van der Waals surface area contributed by atoms with Crippen LogP contribution in [0.15, 0.2) is 4.73 Å². The third-order valence-electron chi connectivity index (χ3n) is 1.96. The summed E-state index contributed by atoms with van der Waals surface area (Å²) in [5.41, 5.74) is 0. The molecule has 0 amide bonds. The zero-order valence-electron chi connectivity index (χ0n) is 6.66. The number of hydrogen-bond acceptors (Lipinski definition) is 4. The average Bonchev–Trinajstić information content (AvgIpc) is 2.58. The van der Waals surface area contributed by atoms with E-state index in [9.17, 15) is 0 Å². The molecule has 1 aliphatic heterocycles. The summed E-state index contributed by atoms with van der Waals surface area (Å²) in [6.45, 7) is 2.89. The minimum absolute atomic E-state index is 0.373. The molecule has 0 bridgehead atoms. The molecule has 12 heavy (non-hydrogen) atoms. The number of nitrogens with zero attached hydrogens (tertiary/aromatic N) is 2. The van der Waals surface area contributed by atoms with Crippen molar-refractivity contribution in [3.63, 3.8) is 0 Å². The maximum Gasteiger partial charge on any atom is 0.209 e. The lowest BCUT2D eigenvalue weighted by Crippen LogP contribution is -1.96. The molecule has 66 valence electrons. The average molecular weight is 249 g/mol. The third kappa shape index (κ3) is 1.67. The minimum atomic E-state index is 0.373. The lowest BCUT2D eigenvalue weighted by atomic mass is 10.1. The first kappa shape index (κ1) is 8.59. The zero-order valence-corrected chi connectivity index (χ0v) is 9.06. The smallest absolute Gasteiger partial charge is 0.209 e. The van der Waals surface area contributed by atoms with Crippen molar-refractivity contribution in [2.75, 3.05) is 6.61 Å². The number of halogens is 1. The Labute approximate surface area is 83.5 Å². The van der Waals surface area contributed by atoms with Crippen LogP contribution in [0, 0.1) is 0 Å². The Hall–Kier alpha value is -0.0000000000000000486. The van der Waals surface area contributed by atoms with Gasteiger partial charge < -0.3 is 4.74 Å². The zero-order chi connectivity index (χ0) is 8.55. The molecule has 0 saturated carbocycles. The molecule has 1 saturated heterocycles. The first-order valence-electron chi connectivity index (χ1n) is 3.86. The van der Waals surface area contributed by atoms with Crippen LogP contribution in [0.4, 0.5) is 0 Å². The van der Waals surface area contributed by atoms with E-state index in [0.717, 1.165) is 18.0 Å². The second-order valence-corrected chi connectivity index (χ2v) is 4.47. The summed E-state index contributed by atoms with van der Waals surface area (Å²) in [6, 6.07) is 0. The summed E-state index contributed by atoms with van der Waals surface area (Å²) in [7, 11) is 0. The Morgan fingerprint density at radius 1 is 1.67 bits per heavy atom. The first-order chi connectivity index (χ1) is 5.75. The molecule has 0 aromatic carbocycles. The van der Waals surface area contributed by atoms with Gasteiger partial charge in [-0.05, 0) is 40.8 Å². The molecule has 2 rings (SSSR count). The molecular formula is C7H9BrN2OS. The van der Waals surface area contributed by atoms with E-state index in [-0.39, 0.29) is 0 Å². The van der Waals surface area contributed by atoms with E-state index < -0.39 is 0 Å². The van der Waals surface area contributed by atoms with Gasteiger partial charge in [-0.25, -0.2) is 4.98 Å². The molecule has 1 aliphatic rings. The molecular weight excluding hydrogens is 240 g/mol. The van der Waals surface area contributed by atoms with Crippen molar-refractivity contribution < 1.29 is 4.74 Å². The van der Waals surface area contributed by atoms with Gasteiger partial charge in [-0.1, -0.05) is 0 Å². The standard InChI is InChI=1S/C7H9BrN2OS/c1-4-2-5(3-11-4)6-9-7(8)10-12-6/h4-5H,2-3H2,1H3. The fourth-order valence-corrected chi connectivity index (χ4v) is 2.55. The SMILES string of the molecule is CC1CC(c2nc(Br)ns2)CO1. The largest absolute Gasteiger partial charge is 0.378 e. The van der Waals surface area contributed by atoms with E-state index in [1.807, 2.05) is 0 Å². The van der Waals surface area contributed by atoms with Gasteiger partial charge in [-0.2, -0.15) is 4.37 Å². The van der Waals surface area contributed by atoms with Gasteiger partial charge >= 0.3 is 0 Å². The van der Waals surface area contributed by atoms with Crippen molar-refractivity contribution in [1.29, 1.82) is 0 Å². The molecule has 0 aliphatic carbocycles. The summed E-state index contributed by atoms with van der Waals surface area (Å²) >= 11 is 4.70. The van der Waals surface area contributed by atoms with Crippen molar-refractivity contribution in [2.24, 2.45) is 0 Å². The molecule has 0 radical (unpaired) electrons. The fourth-order valence-electron chi connectivity index (χ4n) is 1.37. The predicted octanol–water partition coefficient (Wildman–Crippen LogP) is 2.19. The lowest BCUT2D eigenvalue weighted by Gasteiger charge is -1.99. The molecule has 2 unspecified atom stereocenters. The Morgan fingerprint density at radius 2 is 2.50 bits per heavy atom. The molecule has 2 heterocycles. The number of aromatic nitrogens is 2. The topological polar surface area (TPSA) is 35.0 Å². The number of ether oxygens (including phenoxy) is 1. The van der Waals surface area contributed by atoms with E-state index in [1.54, 1.807) is 0 Å². The summed E-state index contributed by atoms with van der Waals surface area (Å²) in [4.78, 5) is 4.27. The molecule has 3 nitrogen and oxygen atoms in total. The molecule has 5 heteroatoms. The van der Waals surface area contributed by atoms with Gasteiger partial charge in [0.1, 0.15) is 5.01 Å². The highest BCUT2D eigenvalue weighted by Crippen LogP contribution is 2.30. The van der Waals surface area contributed by atoms with Crippen LogP contribution in [0.25, 0.3) is 0 Å². The monoisotopic (exact) mass is 248 g/mol. The van der Waals surface area contributed by atoms with Crippen LogP contribution < -0.4 is 0 Å². The van der Waals surface area contributed by atoms with Crippen LogP contribution in [0.3, 0.4) is 0 Å². The van der Waals surface area contributed by atoms with E-state index in [2.05, 4.69) is 32.2 Å². The van der Waals surface area contributed by atoms with Crippen LogP contribution in [-0.2, 0) is 4.74 Å². The molecule has 1 fully saturated rings. The highest BCUT2D eigenvalue weighted by molar-refractivity contribution is 9.10. The van der Waals surface area contributed by atoms with Gasteiger partial charge in [-0.3, -0.25) is 0 Å². The molecule has 2 atom stereocenters. The van der Waals surface area contributed by atoms with Crippen molar-refractivity contribution in [1.82, 2.24) is 9.36 Å². The first-order valence-corrected chi connectivity index (χ1v) is 5.43. The van der Waals surface area contributed by atoms with Crippen LogP contribution >= 0.6 is 27.5 Å². The maximum atomic E-state index is 5.45.